The summed E-state index contributed by atoms with van der Waals surface area (Å²) in [6, 6.07) is 0.327. The second-order valence-corrected chi connectivity index (χ2v) is 4.48. The predicted molar refractivity (Wildman–Crippen MR) is 62.8 cm³/mol. The van der Waals surface area contributed by atoms with Gasteiger partial charge in [0, 0.05) is 23.5 Å². The van der Waals surface area contributed by atoms with Crippen LogP contribution in [0.3, 0.4) is 0 Å². The van der Waals surface area contributed by atoms with Crippen molar-refractivity contribution < 1.29 is 0 Å². The Balaban J connectivity index is 2.69. The van der Waals surface area contributed by atoms with Crippen LogP contribution in [-0.2, 0) is 0 Å². The minimum Gasteiger partial charge on any atom is -0.310 e. The zero-order chi connectivity index (χ0) is 11.4. The molecule has 0 fully saturated rings. The number of aryl methyl sites for hydroxylation is 2. The molecular formula is C12H21N3. The molecule has 0 saturated heterocycles. The van der Waals surface area contributed by atoms with E-state index in [2.05, 4.69) is 36.1 Å². The Morgan fingerprint density at radius 3 is 2.47 bits per heavy atom. The summed E-state index contributed by atoms with van der Waals surface area (Å²) in [5.41, 5.74) is 2.27. The Labute approximate surface area is 92.3 Å². The third-order valence-corrected chi connectivity index (χ3v) is 2.44. The van der Waals surface area contributed by atoms with Gasteiger partial charge in [0.2, 0.25) is 0 Å². The molecule has 1 aromatic heterocycles. The molecule has 0 radical (unpaired) electrons. The molecule has 1 unspecified atom stereocenters. The molecule has 1 atom stereocenters. The van der Waals surface area contributed by atoms with Gasteiger partial charge < -0.3 is 5.32 Å². The molecule has 0 aliphatic heterocycles. The van der Waals surface area contributed by atoms with Crippen molar-refractivity contribution in [3.8, 4) is 0 Å². The third-order valence-electron chi connectivity index (χ3n) is 2.44. The van der Waals surface area contributed by atoms with Gasteiger partial charge in [0.05, 0.1) is 0 Å². The van der Waals surface area contributed by atoms with Crippen molar-refractivity contribution in [2.75, 3.05) is 6.54 Å². The second-order valence-electron chi connectivity index (χ2n) is 4.48. The molecule has 15 heavy (non-hydrogen) atoms. The van der Waals surface area contributed by atoms with Crippen molar-refractivity contribution in [3.05, 3.63) is 23.3 Å². The van der Waals surface area contributed by atoms with Gasteiger partial charge in [-0.15, -0.1) is 0 Å². The smallest absolute Gasteiger partial charge is 0.125 e. The molecule has 1 heterocycles. The monoisotopic (exact) mass is 207 g/mol. The summed E-state index contributed by atoms with van der Waals surface area (Å²) in [6.07, 6.45) is 1.93. The van der Waals surface area contributed by atoms with Crippen LogP contribution in [0.2, 0.25) is 0 Å². The molecule has 0 aliphatic carbocycles. The first-order valence-corrected chi connectivity index (χ1v) is 5.54. The van der Waals surface area contributed by atoms with E-state index < -0.39 is 0 Å². The Morgan fingerprint density at radius 1 is 1.27 bits per heavy atom. The van der Waals surface area contributed by atoms with E-state index in [0.717, 1.165) is 18.1 Å². The summed E-state index contributed by atoms with van der Waals surface area (Å²) in [5, 5.41) is 3.48. The normalized spacial score (nSPS) is 13.2. The third kappa shape index (κ3) is 3.59. The van der Waals surface area contributed by atoms with Crippen molar-refractivity contribution in [1.29, 1.82) is 0 Å². The van der Waals surface area contributed by atoms with E-state index in [4.69, 9.17) is 0 Å². The van der Waals surface area contributed by atoms with Crippen LogP contribution in [0.1, 0.15) is 43.9 Å². The molecule has 0 aliphatic rings. The van der Waals surface area contributed by atoms with Gasteiger partial charge in [0.15, 0.2) is 0 Å². The number of hydrogen-bond acceptors (Lipinski definition) is 3. The van der Waals surface area contributed by atoms with Crippen molar-refractivity contribution in [1.82, 2.24) is 15.3 Å². The Kier molecular flexibility index (Phi) is 4.21. The zero-order valence-corrected chi connectivity index (χ0v) is 10.3. The summed E-state index contributed by atoms with van der Waals surface area (Å²) in [6.45, 7) is 11.6. The van der Waals surface area contributed by atoms with Gasteiger partial charge in [-0.05, 0) is 33.2 Å². The van der Waals surface area contributed by atoms with Gasteiger partial charge in [0.1, 0.15) is 5.82 Å². The molecule has 0 aromatic carbocycles. The standard InChI is InChI=1S/C12H21N3/c1-8(2)6-13-9(3)12-7-14-11(5)15-10(12)4/h7-9,13H,6H2,1-5H3. The molecule has 1 N–H and O–H groups in total. The van der Waals surface area contributed by atoms with Gasteiger partial charge in [-0.3, -0.25) is 0 Å². The van der Waals surface area contributed by atoms with Crippen molar-refractivity contribution in [2.24, 2.45) is 5.92 Å². The average Bonchev–Trinajstić information content (AvgIpc) is 2.14. The van der Waals surface area contributed by atoms with E-state index in [1.165, 1.54) is 5.56 Å². The van der Waals surface area contributed by atoms with Crippen LogP contribution in [0.4, 0.5) is 0 Å². The summed E-state index contributed by atoms with van der Waals surface area (Å²) in [5.74, 6) is 1.51. The van der Waals surface area contributed by atoms with Gasteiger partial charge in [-0.2, -0.15) is 0 Å². The van der Waals surface area contributed by atoms with Crippen LogP contribution >= 0.6 is 0 Å². The van der Waals surface area contributed by atoms with E-state index in [0.29, 0.717) is 12.0 Å². The van der Waals surface area contributed by atoms with Crippen LogP contribution in [0.25, 0.3) is 0 Å². The largest absolute Gasteiger partial charge is 0.310 e. The van der Waals surface area contributed by atoms with Gasteiger partial charge in [-0.25, -0.2) is 9.97 Å². The minimum atomic E-state index is 0.327. The van der Waals surface area contributed by atoms with Crippen molar-refractivity contribution >= 4 is 0 Å². The lowest BCUT2D eigenvalue weighted by atomic mass is 10.1. The van der Waals surface area contributed by atoms with Crippen LogP contribution in [0.5, 0.6) is 0 Å². The van der Waals surface area contributed by atoms with Crippen LogP contribution in [-0.4, -0.2) is 16.5 Å². The lowest BCUT2D eigenvalue weighted by Gasteiger charge is -2.17. The molecule has 1 rings (SSSR count). The van der Waals surface area contributed by atoms with Crippen LogP contribution < -0.4 is 5.32 Å². The highest BCUT2D eigenvalue weighted by atomic mass is 14.9. The summed E-state index contributed by atoms with van der Waals surface area (Å²) >= 11 is 0. The summed E-state index contributed by atoms with van der Waals surface area (Å²) in [7, 11) is 0. The van der Waals surface area contributed by atoms with E-state index in [1.54, 1.807) is 0 Å². The molecule has 0 bridgehead atoms. The number of nitrogens with zero attached hydrogens (tertiary/aromatic N) is 2. The highest BCUT2D eigenvalue weighted by Crippen LogP contribution is 2.14. The topological polar surface area (TPSA) is 37.8 Å². The Hall–Kier alpha value is -0.960. The zero-order valence-electron chi connectivity index (χ0n) is 10.3. The fraction of sp³-hybridized carbons (Fsp3) is 0.667. The van der Waals surface area contributed by atoms with Crippen LogP contribution in [0, 0.1) is 19.8 Å². The average molecular weight is 207 g/mol. The van der Waals surface area contributed by atoms with Crippen molar-refractivity contribution in [2.45, 2.75) is 40.7 Å². The summed E-state index contributed by atoms with van der Waals surface area (Å²) < 4.78 is 0. The first-order chi connectivity index (χ1) is 7.00. The minimum absolute atomic E-state index is 0.327. The molecule has 0 amide bonds. The fourth-order valence-corrected chi connectivity index (χ4v) is 1.54. The molecule has 1 aromatic rings. The quantitative estimate of drug-likeness (QED) is 0.824. The van der Waals surface area contributed by atoms with E-state index in [1.807, 2.05) is 20.0 Å². The van der Waals surface area contributed by atoms with Crippen molar-refractivity contribution in [3.63, 3.8) is 0 Å². The lowest BCUT2D eigenvalue weighted by molar-refractivity contribution is 0.493. The SMILES string of the molecule is Cc1ncc(C(C)NCC(C)C)c(C)n1. The van der Waals surface area contributed by atoms with Gasteiger partial charge in [-0.1, -0.05) is 13.8 Å². The number of nitrogens with one attached hydrogen (secondary N) is 1. The Bertz CT molecular complexity index is 321. The second kappa shape index (κ2) is 5.21. The maximum atomic E-state index is 4.37. The van der Waals surface area contributed by atoms with E-state index >= 15 is 0 Å². The molecule has 3 heteroatoms. The maximum Gasteiger partial charge on any atom is 0.125 e. The molecule has 0 spiro atoms. The van der Waals surface area contributed by atoms with E-state index in [-0.39, 0.29) is 0 Å². The molecule has 3 nitrogen and oxygen atoms in total. The maximum absolute atomic E-state index is 4.37. The molecular weight excluding hydrogens is 186 g/mol. The van der Waals surface area contributed by atoms with Gasteiger partial charge >= 0.3 is 0 Å². The lowest BCUT2D eigenvalue weighted by Crippen LogP contribution is -2.24. The molecule has 84 valence electrons. The van der Waals surface area contributed by atoms with Gasteiger partial charge in [0.25, 0.3) is 0 Å². The number of hydrogen-bond donors (Lipinski definition) is 1. The molecule has 0 saturated carbocycles. The first-order valence-electron chi connectivity index (χ1n) is 5.54. The Morgan fingerprint density at radius 2 is 1.93 bits per heavy atom. The number of rotatable bonds is 4. The number of aromatic nitrogens is 2. The highest BCUT2D eigenvalue weighted by molar-refractivity contribution is 5.19. The van der Waals surface area contributed by atoms with E-state index in [9.17, 15) is 0 Å². The highest BCUT2D eigenvalue weighted by Gasteiger charge is 2.09. The predicted octanol–water partition coefficient (Wildman–Crippen LogP) is 2.40. The summed E-state index contributed by atoms with van der Waals surface area (Å²) in [4.78, 5) is 8.61. The van der Waals surface area contributed by atoms with Crippen LogP contribution in [0.15, 0.2) is 6.20 Å². The fourth-order valence-electron chi connectivity index (χ4n) is 1.54. The first kappa shape index (κ1) is 12.1.